The molecule has 0 fully saturated rings. The smallest absolute Gasteiger partial charge is 0.335 e. The predicted octanol–water partition coefficient (Wildman–Crippen LogP) is 2.05. The zero-order valence-electron chi connectivity index (χ0n) is 9.09. The molecule has 0 aliphatic rings. The van der Waals surface area contributed by atoms with Gasteiger partial charge in [-0.05, 0) is 23.6 Å². The highest BCUT2D eigenvalue weighted by Crippen LogP contribution is 2.22. The van der Waals surface area contributed by atoms with Gasteiger partial charge < -0.3 is 10.2 Å². The van der Waals surface area contributed by atoms with Crippen LogP contribution in [0, 0.1) is 0 Å². The molecule has 0 amide bonds. The van der Waals surface area contributed by atoms with Crippen molar-refractivity contribution >= 4 is 5.97 Å². The summed E-state index contributed by atoms with van der Waals surface area (Å²) < 4.78 is 0. The minimum absolute atomic E-state index is 0.0846. The van der Waals surface area contributed by atoms with Gasteiger partial charge >= 0.3 is 5.97 Å². The summed E-state index contributed by atoms with van der Waals surface area (Å²) in [7, 11) is 0. The first kappa shape index (κ1) is 11.2. The SMILES string of the molecule is O=C(O)c1cccc([O-])c1Cc1ccccc1. The molecule has 3 nitrogen and oxygen atoms in total. The maximum atomic E-state index is 11.7. The van der Waals surface area contributed by atoms with Crippen LogP contribution in [-0.4, -0.2) is 11.1 Å². The number of hydrogen-bond donors (Lipinski definition) is 1. The number of carboxylic acid groups (broad SMARTS) is 1. The number of benzene rings is 2. The standard InChI is InChI=1S/C14H12O3/c15-13-8-4-7-11(14(16)17)12(13)9-10-5-2-1-3-6-10/h1-8,15H,9H2,(H,16,17)/p-1. The minimum Gasteiger partial charge on any atom is -0.872 e. The van der Waals surface area contributed by atoms with Crippen LogP contribution < -0.4 is 5.11 Å². The van der Waals surface area contributed by atoms with Gasteiger partial charge in [0.05, 0.1) is 5.56 Å². The molecule has 0 heterocycles. The van der Waals surface area contributed by atoms with E-state index >= 15 is 0 Å². The molecule has 2 rings (SSSR count). The summed E-state index contributed by atoms with van der Waals surface area (Å²) in [6.45, 7) is 0. The zero-order valence-corrected chi connectivity index (χ0v) is 9.09. The molecule has 3 heteroatoms. The van der Waals surface area contributed by atoms with Crippen LogP contribution in [0.2, 0.25) is 0 Å². The van der Waals surface area contributed by atoms with Crippen LogP contribution in [-0.2, 0) is 6.42 Å². The van der Waals surface area contributed by atoms with Gasteiger partial charge in [0.25, 0.3) is 0 Å². The van der Waals surface area contributed by atoms with E-state index in [0.717, 1.165) is 5.56 Å². The molecule has 1 N–H and O–H groups in total. The fourth-order valence-electron chi connectivity index (χ4n) is 1.75. The highest BCUT2D eigenvalue weighted by atomic mass is 16.4. The van der Waals surface area contributed by atoms with Crippen molar-refractivity contribution in [2.45, 2.75) is 6.42 Å². The second kappa shape index (κ2) is 4.70. The van der Waals surface area contributed by atoms with E-state index in [1.165, 1.54) is 18.2 Å². The largest absolute Gasteiger partial charge is 0.872 e. The normalized spacial score (nSPS) is 10.1. The number of carbonyl (C=O) groups is 1. The molecule has 0 unspecified atom stereocenters. The first-order valence-corrected chi connectivity index (χ1v) is 5.24. The van der Waals surface area contributed by atoms with E-state index in [1.54, 1.807) is 0 Å². The van der Waals surface area contributed by atoms with Gasteiger partial charge in [-0.15, -0.1) is 5.75 Å². The van der Waals surface area contributed by atoms with E-state index < -0.39 is 5.97 Å². The van der Waals surface area contributed by atoms with Crippen molar-refractivity contribution in [1.29, 1.82) is 0 Å². The zero-order chi connectivity index (χ0) is 12.3. The van der Waals surface area contributed by atoms with E-state index in [0.29, 0.717) is 12.0 Å². The Kier molecular flexibility index (Phi) is 3.10. The Morgan fingerprint density at radius 3 is 2.41 bits per heavy atom. The van der Waals surface area contributed by atoms with Gasteiger partial charge in [-0.2, -0.15) is 0 Å². The molecule has 0 spiro atoms. The lowest BCUT2D eigenvalue weighted by molar-refractivity contribution is -0.269. The molecule has 0 saturated heterocycles. The van der Waals surface area contributed by atoms with Crippen molar-refractivity contribution in [2.75, 3.05) is 0 Å². The number of carboxylic acids is 1. The summed E-state index contributed by atoms with van der Waals surface area (Å²) in [6.07, 6.45) is 0.349. The van der Waals surface area contributed by atoms with E-state index in [4.69, 9.17) is 5.11 Å². The van der Waals surface area contributed by atoms with Gasteiger partial charge in [0.15, 0.2) is 0 Å². The minimum atomic E-state index is -1.06. The van der Waals surface area contributed by atoms with Crippen molar-refractivity contribution in [3.63, 3.8) is 0 Å². The molecular weight excluding hydrogens is 216 g/mol. The summed E-state index contributed by atoms with van der Waals surface area (Å²) in [6, 6.07) is 13.7. The molecule has 17 heavy (non-hydrogen) atoms. The molecule has 2 aromatic rings. The molecule has 0 radical (unpaired) electrons. The van der Waals surface area contributed by atoms with Crippen molar-refractivity contribution in [2.24, 2.45) is 0 Å². The highest BCUT2D eigenvalue weighted by Gasteiger charge is 2.10. The monoisotopic (exact) mass is 227 g/mol. The van der Waals surface area contributed by atoms with Crippen LogP contribution in [0.25, 0.3) is 0 Å². The Balaban J connectivity index is 2.41. The maximum Gasteiger partial charge on any atom is 0.335 e. The third-order valence-electron chi connectivity index (χ3n) is 2.59. The van der Waals surface area contributed by atoms with Gasteiger partial charge in [0.1, 0.15) is 0 Å². The summed E-state index contributed by atoms with van der Waals surface area (Å²) in [5.41, 5.74) is 1.35. The Labute approximate surface area is 99.0 Å². The maximum absolute atomic E-state index is 11.7. The lowest BCUT2D eigenvalue weighted by Crippen LogP contribution is -2.07. The van der Waals surface area contributed by atoms with Crippen LogP contribution >= 0.6 is 0 Å². The molecule has 2 aromatic carbocycles. The molecule has 0 bridgehead atoms. The first-order chi connectivity index (χ1) is 8.18. The lowest BCUT2D eigenvalue weighted by Gasteiger charge is -2.15. The quantitative estimate of drug-likeness (QED) is 0.872. The predicted molar refractivity (Wildman–Crippen MR) is 62.1 cm³/mol. The molecule has 0 saturated carbocycles. The molecule has 0 aromatic heterocycles. The van der Waals surface area contributed by atoms with Crippen molar-refractivity contribution in [3.05, 3.63) is 65.2 Å². The molecule has 0 atom stereocenters. The van der Waals surface area contributed by atoms with Crippen LogP contribution in [0.15, 0.2) is 48.5 Å². The van der Waals surface area contributed by atoms with Gasteiger partial charge in [-0.1, -0.05) is 42.5 Å². The third-order valence-corrected chi connectivity index (χ3v) is 2.59. The second-order valence-corrected chi connectivity index (χ2v) is 3.75. The molecule has 0 aliphatic carbocycles. The van der Waals surface area contributed by atoms with Crippen LogP contribution in [0.3, 0.4) is 0 Å². The second-order valence-electron chi connectivity index (χ2n) is 3.75. The van der Waals surface area contributed by atoms with Gasteiger partial charge in [0, 0.05) is 0 Å². The third kappa shape index (κ3) is 2.45. The van der Waals surface area contributed by atoms with E-state index in [-0.39, 0.29) is 11.3 Å². The molecular formula is C14H11O3-. The average molecular weight is 227 g/mol. The van der Waals surface area contributed by atoms with E-state index in [1.807, 2.05) is 30.3 Å². The Bertz CT molecular complexity index is 532. The molecule has 86 valence electrons. The topological polar surface area (TPSA) is 60.4 Å². The first-order valence-electron chi connectivity index (χ1n) is 5.24. The Morgan fingerprint density at radius 1 is 1.06 bits per heavy atom. The average Bonchev–Trinajstić information content (AvgIpc) is 2.33. The number of hydrogen-bond acceptors (Lipinski definition) is 2. The fourth-order valence-corrected chi connectivity index (χ4v) is 1.75. The van der Waals surface area contributed by atoms with Crippen molar-refractivity contribution in [3.8, 4) is 5.75 Å². The lowest BCUT2D eigenvalue weighted by atomic mass is 9.99. The van der Waals surface area contributed by atoms with E-state index in [9.17, 15) is 9.90 Å². The van der Waals surface area contributed by atoms with Crippen LogP contribution in [0.5, 0.6) is 5.75 Å². The molecule has 0 aliphatic heterocycles. The summed E-state index contributed by atoms with van der Waals surface area (Å²) in [4.78, 5) is 11.0. The summed E-state index contributed by atoms with van der Waals surface area (Å²) in [5.74, 6) is -1.29. The van der Waals surface area contributed by atoms with Gasteiger partial charge in [-0.25, -0.2) is 4.79 Å². The number of aromatic carboxylic acids is 1. The Hall–Kier alpha value is -2.29. The van der Waals surface area contributed by atoms with Crippen LogP contribution in [0.4, 0.5) is 0 Å². The van der Waals surface area contributed by atoms with Crippen molar-refractivity contribution < 1.29 is 15.0 Å². The summed E-state index contributed by atoms with van der Waals surface area (Å²) in [5, 5.41) is 20.7. The van der Waals surface area contributed by atoms with Gasteiger partial charge in [0.2, 0.25) is 0 Å². The Morgan fingerprint density at radius 2 is 1.76 bits per heavy atom. The van der Waals surface area contributed by atoms with Gasteiger partial charge in [-0.3, -0.25) is 0 Å². The van der Waals surface area contributed by atoms with E-state index in [2.05, 4.69) is 0 Å². The van der Waals surface area contributed by atoms with Crippen molar-refractivity contribution in [1.82, 2.24) is 0 Å². The summed E-state index contributed by atoms with van der Waals surface area (Å²) >= 11 is 0. The van der Waals surface area contributed by atoms with Crippen LogP contribution in [0.1, 0.15) is 21.5 Å². The fraction of sp³-hybridized carbons (Fsp3) is 0.0714. The highest BCUT2D eigenvalue weighted by molar-refractivity contribution is 5.90. The number of rotatable bonds is 3.